The molecule has 1 heterocycles. The summed E-state index contributed by atoms with van der Waals surface area (Å²) in [6.07, 6.45) is -4.36. The van der Waals surface area contributed by atoms with Gasteiger partial charge in [-0.05, 0) is 25.2 Å². The average molecular weight is 333 g/mol. The van der Waals surface area contributed by atoms with Crippen molar-refractivity contribution < 1.29 is 27.4 Å². The molecule has 0 unspecified atom stereocenters. The van der Waals surface area contributed by atoms with Gasteiger partial charge in [-0.1, -0.05) is 0 Å². The van der Waals surface area contributed by atoms with Gasteiger partial charge in [-0.2, -0.15) is 13.2 Å². The van der Waals surface area contributed by atoms with Gasteiger partial charge in [-0.3, -0.25) is 0 Å². The second-order valence-electron chi connectivity index (χ2n) is 6.12. The highest BCUT2D eigenvalue weighted by Crippen LogP contribution is 2.34. The van der Waals surface area contributed by atoms with Gasteiger partial charge < -0.3 is 19.1 Å². The Morgan fingerprint density at radius 3 is 2.43 bits per heavy atom. The van der Waals surface area contributed by atoms with E-state index < -0.39 is 11.7 Å². The summed E-state index contributed by atoms with van der Waals surface area (Å²) in [6, 6.07) is 3.55. The van der Waals surface area contributed by atoms with Gasteiger partial charge in [0, 0.05) is 25.8 Å². The molecule has 0 radical (unpaired) electrons. The Morgan fingerprint density at radius 1 is 1.26 bits per heavy atom. The van der Waals surface area contributed by atoms with Crippen LogP contribution in [0.1, 0.15) is 11.1 Å². The van der Waals surface area contributed by atoms with Crippen molar-refractivity contribution in [1.29, 1.82) is 0 Å². The van der Waals surface area contributed by atoms with Crippen LogP contribution in [0, 0.1) is 5.41 Å². The molecule has 0 aliphatic carbocycles. The zero-order chi connectivity index (χ0) is 17.1. The molecule has 1 fully saturated rings. The van der Waals surface area contributed by atoms with Gasteiger partial charge in [0.2, 0.25) is 0 Å². The first-order valence-corrected chi connectivity index (χ1v) is 7.29. The van der Waals surface area contributed by atoms with Crippen molar-refractivity contribution in [1.82, 2.24) is 4.90 Å². The first-order valence-electron chi connectivity index (χ1n) is 7.29. The fourth-order valence-corrected chi connectivity index (χ4v) is 2.91. The number of nitrogens with zero attached hydrogens (tertiary/aromatic N) is 1. The van der Waals surface area contributed by atoms with Crippen LogP contribution in [0.5, 0.6) is 5.75 Å². The molecule has 23 heavy (non-hydrogen) atoms. The minimum Gasteiger partial charge on any atom is -0.496 e. The molecule has 7 heteroatoms. The molecule has 1 aliphatic heterocycles. The lowest BCUT2D eigenvalue weighted by Gasteiger charge is -2.43. The summed E-state index contributed by atoms with van der Waals surface area (Å²) in [4.78, 5) is 1.97. The molecule has 4 nitrogen and oxygen atoms in total. The van der Waals surface area contributed by atoms with Crippen molar-refractivity contribution in [2.75, 3.05) is 47.6 Å². The number of methoxy groups -OCH3 is 2. The van der Waals surface area contributed by atoms with Crippen molar-refractivity contribution in [3.8, 4) is 5.75 Å². The second kappa shape index (κ2) is 7.07. The third-order valence-corrected chi connectivity index (χ3v) is 3.92. The molecule has 0 spiro atoms. The third kappa shape index (κ3) is 4.37. The number of hydrogen-bond donors (Lipinski definition) is 0. The fourth-order valence-electron chi connectivity index (χ4n) is 2.91. The van der Waals surface area contributed by atoms with Crippen LogP contribution in [0.3, 0.4) is 0 Å². The smallest absolute Gasteiger partial charge is 0.416 e. The van der Waals surface area contributed by atoms with E-state index in [1.165, 1.54) is 13.2 Å². The number of alkyl halides is 3. The first kappa shape index (κ1) is 18.0. The van der Waals surface area contributed by atoms with Crippen LogP contribution in [0.25, 0.3) is 0 Å². The summed E-state index contributed by atoms with van der Waals surface area (Å²) in [5.74, 6) is 0.454. The Kier molecular flexibility index (Phi) is 5.54. The van der Waals surface area contributed by atoms with E-state index in [9.17, 15) is 13.2 Å². The Labute approximate surface area is 134 Å². The maximum absolute atomic E-state index is 12.9. The predicted octanol–water partition coefficient (Wildman–Crippen LogP) is 2.81. The summed E-state index contributed by atoms with van der Waals surface area (Å²) in [7, 11) is 4.96. The summed E-state index contributed by atoms with van der Waals surface area (Å²) < 4.78 is 54.4. The van der Waals surface area contributed by atoms with E-state index in [1.54, 1.807) is 7.11 Å². The SMILES string of the molecule is COCC1(CN(C)Cc2cc(C(F)(F)F)ccc2OC)COC1. The number of hydrogen-bond acceptors (Lipinski definition) is 4. The van der Waals surface area contributed by atoms with Gasteiger partial charge in [-0.25, -0.2) is 0 Å². The molecule has 0 N–H and O–H groups in total. The van der Waals surface area contributed by atoms with Gasteiger partial charge in [-0.15, -0.1) is 0 Å². The first-order chi connectivity index (χ1) is 10.8. The summed E-state index contributed by atoms with van der Waals surface area (Å²) in [6.45, 7) is 2.81. The Balaban J connectivity index is 2.11. The van der Waals surface area contributed by atoms with E-state index in [4.69, 9.17) is 14.2 Å². The van der Waals surface area contributed by atoms with E-state index >= 15 is 0 Å². The molecule has 1 aliphatic rings. The molecule has 1 saturated heterocycles. The number of rotatable bonds is 7. The van der Waals surface area contributed by atoms with Crippen LogP contribution in [-0.4, -0.2) is 52.5 Å². The number of ether oxygens (including phenoxy) is 3. The molecular weight excluding hydrogens is 311 g/mol. The second-order valence-corrected chi connectivity index (χ2v) is 6.12. The zero-order valence-corrected chi connectivity index (χ0v) is 13.6. The van der Waals surface area contributed by atoms with E-state index in [0.717, 1.165) is 12.1 Å². The van der Waals surface area contributed by atoms with Crippen molar-refractivity contribution >= 4 is 0 Å². The average Bonchev–Trinajstić information content (AvgIpc) is 2.44. The van der Waals surface area contributed by atoms with Crippen molar-refractivity contribution in [3.63, 3.8) is 0 Å². The van der Waals surface area contributed by atoms with Gasteiger partial charge >= 0.3 is 6.18 Å². The Hall–Kier alpha value is -1.31. The molecule has 0 aromatic heterocycles. The molecule has 0 bridgehead atoms. The molecule has 1 aromatic carbocycles. The van der Waals surface area contributed by atoms with Gasteiger partial charge in [0.15, 0.2) is 0 Å². The van der Waals surface area contributed by atoms with Gasteiger partial charge in [0.05, 0.1) is 37.9 Å². The van der Waals surface area contributed by atoms with E-state index in [1.807, 2.05) is 11.9 Å². The quantitative estimate of drug-likeness (QED) is 0.768. The molecule has 0 saturated carbocycles. The summed E-state index contributed by atoms with van der Waals surface area (Å²) in [5.41, 5.74) is -0.240. The number of halogens is 3. The lowest BCUT2D eigenvalue weighted by atomic mass is 9.86. The lowest BCUT2D eigenvalue weighted by Crippen LogP contribution is -2.52. The maximum Gasteiger partial charge on any atom is 0.416 e. The van der Waals surface area contributed by atoms with E-state index in [2.05, 4.69) is 0 Å². The zero-order valence-electron chi connectivity index (χ0n) is 13.6. The van der Waals surface area contributed by atoms with Crippen LogP contribution < -0.4 is 4.74 Å². The molecule has 1 aromatic rings. The highest BCUT2D eigenvalue weighted by molar-refractivity contribution is 5.38. The van der Waals surface area contributed by atoms with Gasteiger partial charge in [0.1, 0.15) is 5.75 Å². The van der Waals surface area contributed by atoms with Crippen molar-refractivity contribution in [2.24, 2.45) is 5.41 Å². The van der Waals surface area contributed by atoms with Crippen molar-refractivity contribution in [3.05, 3.63) is 29.3 Å². The molecule has 2 rings (SSSR count). The molecular formula is C16H22F3NO3. The van der Waals surface area contributed by atoms with Crippen LogP contribution in [0.2, 0.25) is 0 Å². The minimum atomic E-state index is -4.36. The standard InChI is InChI=1S/C16H22F3NO3/c1-20(8-15(9-21-2)10-23-11-15)7-12-6-13(16(17,18)19)4-5-14(12)22-3/h4-6H,7-11H2,1-3H3. The highest BCUT2D eigenvalue weighted by atomic mass is 19.4. The fraction of sp³-hybridized carbons (Fsp3) is 0.625. The molecule has 130 valence electrons. The Morgan fingerprint density at radius 2 is 1.96 bits per heavy atom. The van der Waals surface area contributed by atoms with Crippen molar-refractivity contribution in [2.45, 2.75) is 12.7 Å². The highest BCUT2D eigenvalue weighted by Gasteiger charge is 2.39. The van der Waals surface area contributed by atoms with Crippen LogP contribution in [-0.2, 0) is 22.2 Å². The Bertz CT molecular complexity index is 530. The lowest BCUT2D eigenvalue weighted by molar-refractivity contribution is -0.152. The van der Waals surface area contributed by atoms with Crippen LogP contribution >= 0.6 is 0 Å². The van der Waals surface area contributed by atoms with E-state index in [-0.39, 0.29) is 5.41 Å². The van der Waals surface area contributed by atoms with E-state index in [0.29, 0.717) is 44.2 Å². The normalized spacial score (nSPS) is 17.2. The van der Waals surface area contributed by atoms with Crippen LogP contribution in [0.4, 0.5) is 13.2 Å². The number of benzene rings is 1. The topological polar surface area (TPSA) is 30.9 Å². The summed E-state index contributed by atoms with van der Waals surface area (Å²) >= 11 is 0. The maximum atomic E-state index is 12.9. The monoisotopic (exact) mass is 333 g/mol. The predicted molar refractivity (Wildman–Crippen MR) is 79.5 cm³/mol. The third-order valence-electron chi connectivity index (χ3n) is 3.92. The summed E-state index contributed by atoms with van der Waals surface area (Å²) in [5, 5.41) is 0. The minimum absolute atomic E-state index is 0.0849. The van der Waals surface area contributed by atoms with Crippen LogP contribution in [0.15, 0.2) is 18.2 Å². The largest absolute Gasteiger partial charge is 0.496 e. The van der Waals surface area contributed by atoms with Gasteiger partial charge in [0.25, 0.3) is 0 Å². The molecule has 0 amide bonds. The molecule has 0 atom stereocenters.